The van der Waals surface area contributed by atoms with Gasteiger partial charge in [0.05, 0.1) is 6.61 Å². The number of para-hydroxylation sites is 1. The van der Waals surface area contributed by atoms with Crippen molar-refractivity contribution in [1.29, 1.82) is 0 Å². The molecule has 0 atom stereocenters. The first kappa shape index (κ1) is 15.8. The summed E-state index contributed by atoms with van der Waals surface area (Å²) in [5.41, 5.74) is 2.37. The molecule has 116 valence electrons. The van der Waals surface area contributed by atoms with Crippen LogP contribution >= 0.6 is 0 Å². The largest absolute Gasteiger partial charge is 0.493 e. The van der Waals surface area contributed by atoms with Crippen LogP contribution in [0.1, 0.15) is 36.8 Å². The molecule has 1 aliphatic carbocycles. The average molecular weight is 290 g/mol. The van der Waals surface area contributed by atoms with Gasteiger partial charge in [-0.25, -0.2) is 0 Å². The van der Waals surface area contributed by atoms with Gasteiger partial charge in [-0.05, 0) is 31.7 Å². The fourth-order valence-corrected chi connectivity index (χ4v) is 2.22. The van der Waals surface area contributed by atoms with E-state index in [1.54, 1.807) is 19.0 Å². The number of hydrogen-bond acceptors (Lipinski definition) is 3. The molecule has 1 saturated carbocycles. The van der Waals surface area contributed by atoms with Crippen LogP contribution in [0.15, 0.2) is 18.2 Å². The SMILES string of the molecule is Cc1cccc(CNC2CC2)c1OCCCC(=O)N(C)C. The third-order valence-electron chi connectivity index (χ3n) is 3.73. The first-order valence-corrected chi connectivity index (χ1v) is 7.72. The zero-order valence-electron chi connectivity index (χ0n) is 13.3. The monoisotopic (exact) mass is 290 g/mol. The summed E-state index contributed by atoms with van der Waals surface area (Å²) < 4.78 is 5.94. The van der Waals surface area contributed by atoms with Gasteiger partial charge in [0.25, 0.3) is 0 Å². The highest BCUT2D eigenvalue weighted by Crippen LogP contribution is 2.25. The molecule has 1 aliphatic rings. The smallest absolute Gasteiger partial charge is 0.222 e. The summed E-state index contributed by atoms with van der Waals surface area (Å²) in [6.45, 7) is 3.51. The van der Waals surface area contributed by atoms with Crippen LogP contribution in [-0.2, 0) is 11.3 Å². The van der Waals surface area contributed by atoms with Crippen LogP contribution < -0.4 is 10.1 Å². The molecular formula is C17H26N2O2. The summed E-state index contributed by atoms with van der Waals surface area (Å²) in [6, 6.07) is 6.95. The molecule has 21 heavy (non-hydrogen) atoms. The maximum absolute atomic E-state index is 11.5. The summed E-state index contributed by atoms with van der Waals surface area (Å²) >= 11 is 0. The predicted octanol–water partition coefficient (Wildman–Crippen LogP) is 2.49. The summed E-state index contributed by atoms with van der Waals surface area (Å²) in [5.74, 6) is 1.13. The van der Waals surface area contributed by atoms with Gasteiger partial charge in [0, 0.05) is 38.7 Å². The van der Waals surface area contributed by atoms with Crippen molar-refractivity contribution in [3.8, 4) is 5.75 Å². The Morgan fingerprint density at radius 3 is 2.81 bits per heavy atom. The van der Waals surface area contributed by atoms with Gasteiger partial charge in [-0.2, -0.15) is 0 Å². The minimum atomic E-state index is 0.152. The van der Waals surface area contributed by atoms with Crippen molar-refractivity contribution < 1.29 is 9.53 Å². The lowest BCUT2D eigenvalue weighted by molar-refractivity contribution is -0.128. The maximum Gasteiger partial charge on any atom is 0.222 e. The van der Waals surface area contributed by atoms with Crippen LogP contribution in [-0.4, -0.2) is 37.6 Å². The first-order chi connectivity index (χ1) is 10.1. The lowest BCUT2D eigenvalue weighted by Gasteiger charge is -2.15. The van der Waals surface area contributed by atoms with E-state index in [1.807, 2.05) is 0 Å². The average Bonchev–Trinajstić information content (AvgIpc) is 3.26. The van der Waals surface area contributed by atoms with Crippen molar-refractivity contribution in [2.24, 2.45) is 0 Å². The Morgan fingerprint density at radius 2 is 2.14 bits per heavy atom. The zero-order valence-corrected chi connectivity index (χ0v) is 13.3. The van der Waals surface area contributed by atoms with E-state index in [0.717, 1.165) is 24.3 Å². The fraction of sp³-hybridized carbons (Fsp3) is 0.588. The van der Waals surface area contributed by atoms with Gasteiger partial charge < -0.3 is 15.0 Å². The van der Waals surface area contributed by atoms with Gasteiger partial charge in [-0.1, -0.05) is 18.2 Å². The Balaban J connectivity index is 1.84. The summed E-state index contributed by atoms with van der Waals surface area (Å²) in [4.78, 5) is 13.2. The van der Waals surface area contributed by atoms with Gasteiger partial charge in [-0.3, -0.25) is 4.79 Å². The third-order valence-corrected chi connectivity index (χ3v) is 3.73. The fourth-order valence-electron chi connectivity index (χ4n) is 2.22. The Bertz CT molecular complexity index is 482. The van der Waals surface area contributed by atoms with E-state index in [9.17, 15) is 4.79 Å². The lowest BCUT2D eigenvalue weighted by Crippen LogP contribution is -2.22. The molecule has 1 aromatic rings. The molecule has 0 saturated heterocycles. The van der Waals surface area contributed by atoms with Crippen LogP contribution in [0.5, 0.6) is 5.75 Å². The van der Waals surface area contributed by atoms with Crippen molar-refractivity contribution in [3.63, 3.8) is 0 Å². The Hall–Kier alpha value is -1.55. The number of nitrogens with one attached hydrogen (secondary N) is 1. The van der Waals surface area contributed by atoms with Crippen LogP contribution in [0, 0.1) is 6.92 Å². The van der Waals surface area contributed by atoms with E-state index >= 15 is 0 Å². The highest BCUT2D eigenvalue weighted by molar-refractivity contribution is 5.75. The van der Waals surface area contributed by atoms with E-state index in [-0.39, 0.29) is 5.91 Å². The quantitative estimate of drug-likeness (QED) is 0.748. The summed E-state index contributed by atoms with van der Waals surface area (Å²) in [6.07, 6.45) is 3.86. The molecule has 1 N–H and O–H groups in total. The highest BCUT2D eigenvalue weighted by atomic mass is 16.5. The molecule has 4 nitrogen and oxygen atoms in total. The van der Waals surface area contributed by atoms with E-state index < -0.39 is 0 Å². The number of aryl methyl sites for hydroxylation is 1. The molecule has 0 unspecified atom stereocenters. The number of benzene rings is 1. The minimum absolute atomic E-state index is 0.152. The molecule has 2 rings (SSSR count). The molecule has 1 fully saturated rings. The predicted molar refractivity (Wildman–Crippen MR) is 84.5 cm³/mol. The standard InChI is InChI=1S/C17H26N2O2/c1-13-6-4-7-14(12-18-15-9-10-15)17(13)21-11-5-8-16(20)19(2)3/h4,6-7,15,18H,5,8-12H2,1-3H3. The van der Waals surface area contributed by atoms with E-state index in [2.05, 4.69) is 30.4 Å². The lowest BCUT2D eigenvalue weighted by atomic mass is 10.1. The Labute approximate surface area is 127 Å². The van der Waals surface area contributed by atoms with E-state index in [1.165, 1.54) is 18.4 Å². The number of ether oxygens (including phenoxy) is 1. The van der Waals surface area contributed by atoms with Gasteiger partial charge in [0.2, 0.25) is 5.91 Å². The summed E-state index contributed by atoms with van der Waals surface area (Å²) in [7, 11) is 3.57. The molecule has 1 aromatic carbocycles. The molecule has 0 heterocycles. The number of rotatable bonds is 8. The number of amides is 1. The van der Waals surface area contributed by atoms with Gasteiger partial charge in [0.15, 0.2) is 0 Å². The second-order valence-corrected chi connectivity index (χ2v) is 5.96. The second kappa shape index (κ2) is 7.46. The Morgan fingerprint density at radius 1 is 1.38 bits per heavy atom. The number of carbonyl (C=O) groups excluding carboxylic acids is 1. The highest BCUT2D eigenvalue weighted by Gasteiger charge is 2.20. The topological polar surface area (TPSA) is 41.6 Å². The first-order valence-electron chi connectivity index (χ1n) is 7.72. The van der Waals surface area contributed by atoms with Crippen LogP contribution in [0.4, 0.5) is 0 Å². The molecule has 4 heteroatoms. The van der Waals surface area contributed by atoms with Crippen LogP contribution in [0.2, 0.25) is 0 Å². The van der Waals surface area contributed by atoms with Crippen LogP contribution in [0.25, 0.3) is 0 Å². The molecule has 0 bridgehead atoms. The van der Waals surface area contributed by atoms with Gasteiger partial charge >= 0.3 is 0 Å². The second-order valence-electron chi connectivity index (χ2n) is 5.96. The minimum Gasteiger partial charge on any atom is -0.493 e. The normalized spacial score (nSPS) is 14.0. The van der Waals surface area contributed by atoms with Gasteiger partial charge in [0.1, 0.15) is 5.75 Å². The van der Waals surface area contributed by atoms with Crippen molar-refractivity contribution in [2.45, 2.75) is 45.2 Å². The molecule has 0 spiro atoms. The van der Waals surface area contributed by atoms with Crippen molar-refractivity contribution in [2.75, 3.05) is 20.7 Å². The molecular weight excluding hydrogens is 264 g/mol. The van der Waals surface area contributed by atoms with Crippen molar-refractivity contribution in [3.05, 3.63) is 29.3 Å². The number of nitrogens with zero attached hydrogens (tertiary/aromatic N) is 1. The van der Waals surface area contributed by atoms with Gasteiger partial charge in [-0.15, -0.1) is 0 Å². The zero-order chi connectivity index (χ0) is 15.2. The molecule has 0 radical (unpaired) electrons. The maximum atomic E-state index is 11.5. The number of carbonyl (C=O) groups is 1. The Kier molecular flexibility index (Phi) is 5.62. The number of hydrogen-bond donors (Lipinski definition) is 1. The van der Waals surface area contributed by atoms with Crippen molar-refractivity contribution in [1.82, 2.24) is 10.2 Å². The van der Waals surface area contributed by atoms with E-state index in [4.69, 9.17) is 4.74 Å². The summed E-state index contributed by atoms with van der Waals surface area (Å²) in [5, 5.41) is 3.52. The molecule has 0 aromatic heterocycles. The van der Waals surface area contributed by atoms with E-state index in [0.29, 0.717) is 19.1 Å². The molecule has 0 aliphatic heterocycles. The van der Waals surface area contributed by atoms with Crippen molar-refractivity contribution >= 4 is 5.91 Å². The molecule has 1 amide bonds. The third kappa shape index (κ3) is 5.05. The van der Waals surface area contributed by atoms with Crippen LogP contribution in [0.3, 0.4) is 0 Å².